The van der Waals surface area contributed by atoms with Crippen LogP contribution in [0, 0.1) is 12.7 Å². The molecule has 3 N–H and O–H groups in total. The maximum Gasteiger partial charge on any atom is 0.168 e. The summed E-state index contributed by atoms with van der Waals surface area (Å²) >= 11 is 0. The molecule has 0 bridgehead atoms. The third kappa shape index (κ3) is 2.04. The number of halogens is 1. The van der Waals surface area contributed by atoms with E-state index < -0.39 is 5.82 Å². The second-order valence-corrected chi connectivity index (χ2v) is 3.53. The van der Waals surface area contributed by atoms with E-state index in [1.807, 2.05) is 6.92 Å². The van der Waals surface area contributed by atoms with Gasteiger partial charge >= 0.3 is 0 Å². The predicted molar refractivity (Wildman–Crippen MR) is 54.6 cm³/mol. The molecule has 0 spiro atoms. The fourth-order valence-electron chi connectivity index (χ4n) is 1.45. The smallest absolute Gasteiger partial charge is 0.168 e. The molecule has 1 aromatic carbocycles. The lowest BCUT2D eigenvalue weighted by Gasteiger charge is -2.13. The Bertz CT molecular complexity index is 325. The van der Waals surface area contributed by atoms with Gasteiger partial charge in [-0.1, -0.05) is 25.5 Å². The summed E-state index contributed by atoms with van der Waals surface area (Å²) in [6.45, 7) is 3.62. The highest BCUT2D eigenvalue weighted by Crippen LogP contribution is 2.29. The van der Waals surface area contributed by atoms with E-state index in [1.165, 1.54) is 0 Å². The Morgan fingerprint density at radius 3 is 2.71 bits per heavy atom. The lowest BCUT2D eigenvalue weighted by molar-refractivity contribution is 0.416. The van der Waals surface area contributed by atoms with Crippen LogP contribution >= 0.6 is 0 Å². The molecular formula is C11H16FNO. The van der Waals surface area contributed by atoms with Gasteiger partial charge in [0, 0.05) is 11.6 Å². The molecule has 0 radical (unpaired) electrons. The van der Waals surface area contributed by atoms with E-state index >= 15 is 0 Å². The second kappa shape index (κ2) is 4.42. The molecule has 78 valence electrons. The minimum Gasteiger partial charge on any atom is -0.505 e. The van der Waals surface area contributed by atoms with Crippen LogP contribution < -0.4 is 5.73 Å². The Labute approximate surface area is 83.6 Å². The summed E-state index contributed by atoms with van der Waals surface area (Å²) in [4.78, 5) is 0. The molecule has 0 saturated carbocycles. The molecular weight excluding hydrogens is 181 g/mol. The van der Waals surface area contributed by atoms with Crippen LogP contribution in [0.25, 0.3) is 0 Å². The minimum atomic E-state index is -0.561. The summed E-state index contributed by atoms with van der Waals surface area (Å²) < 4.78 is 13.3. The summed E-state index contributed by atoms with van der Waals surface area (Å²) in [6.07, 6.45) is 1.66. The summed E-state index contributed by atoms with van der Waals surface area (Å²) in [6, 6.07) is 3.05. The first-order valence-electron chi connectivity index (χ1n) is 4.81. The molecule has 0 amide bonds. The second-order valence-electron chi connectivity index (χ2n) is 3.53. The normalized spacial score (nSPS) is 12.9. The molecule has 1 atom stereocenters. The van der Waals surface area contributed by atoms with Gasteiger partial charge in [0.1, 0.15) is 0 Å². The number of hydrogen-bond acceptors (Lipinski definition) is 2. The Balaban J connectivity index is 3.04. The molecule has 1 rings (SSSR count). The number of hydrogen-bond donors (Lipinski definition) is 2. The van der Waals surface area contributed by atoms with Gasteiger partial charge in [-0.15, -0.1) is 0 Å². The first-order valence-corrected chi connectivity index (χ1v) is 4.81. The van der Waals surface area contributed by atoms with Gasteiger partial charge in [-0.05, 0) is 18.9 Å². The van der Waals surface area contributed by atoms with Crippen LogP contribution in [0.1, 0.15) is 36.9 Å². The van der Waals surface area contributed by atoms with Crippen molar-refractivity contribution < 1.29 is 9.50 Å². The average Bonchev–Trinajstić information content (AvgIpc) is 2.15. The van der Waals surface area contributed by atoms with E-state index in [-0.39, 0.29) is 11.8 Å². The molecule has 0 heterocycles. The standard InChI is InChI=1S/C11H16FNO/c1-3-4-9(13)8-6-5-7(2)10(12)11(8)14/h5-6,9,14H,3-4,13H2,1-2H3/t9-/m1/s1. The lowest BCUT2D eigenvalue weighted by atomic mass is 10.0. The van der Waals surface area contributed by atoms with Gasteiger partial charge < -0.3 is 10.8 Å². The summed E-state index contributed by atoms with van der Waals surface area (Å²) in [5, 5.41) is 9.52. The van der Waals surface area contributed by atoms with E-state index in [2.05, 4.69) is 0 Å². The van der Waals surface area contributed by atoms with E-state index in [9.17, 15) is 9.50 Å². The minimum absolute atomic E-state index is 0.282. The molecule has 1 aromatic rings. The average molecular weight is 197 g/mol. The molecule has 0 aliphatic carbocycles. The number of aromatic hydroxyl groups is 1. The van der Waals surface area contributed by atoms with Gasteiger partial charge in [0.25, 0.3) is 0 Å². The van der Waals surface area contributed by atoms with E-state index in [0.717, 1.165) is 12.8 Å². The van der Waals surface area contributed by atoms with Crippen LogP contribution in [0.4, 0.5) is 4.39 Å². The summed E-state index contributed by atoms with van der Waals surface area (Å²) in [5.74, 6) is -0.861. The van der Waals surface area contributed by atoms with Crippen molar-refractivity contribution in [2.45, 2.75) is 32.7 Å². The predicted octanol–water partition coefficient (Wildman–Crippen LogP) is 2.64. The van der Waals surface area contributed by atoms with Crippen molar-refractivity contribution >= 4 is 0 Å². The van der Waals surface area contributed by atoms with Crippen molar-refractivity contribution in [2.75, 3.05) is 0 Å². The van der Waals surface area contributed by atoms with Crippen molar-refractivity contribution in [3.8, 4) is 5.75 Å². The fraction of sp³-hybridized carbons (Fsp3) is 0.455. The fourth-order valence-corrected chi connectivity index (χ4v) is 1.45. The topological polar surface area (TPSA) is 46.2 Å². The third-order valence-corrected chi connectivity index (χ3v) is 2.34. The van der Waals surface area contributed by atoms with Crippen molar-refractivity contribution in [3.05, 3.63) is 29.1 Å². The largest absolute Gasteiger partial charge is 0.505 e. The Hall–Kier alpha value is -1.09. The summed E-state index contributed by atoms with van der Waals surface area (Å²) in [7, 11) is 0. The van der Waals surface area contributed by atoms with Crippen LogP contribution in [0.15, 0.2) is 12.1 Å². The number of aryl methyl sites for hydroxylation is 1. The lowest BCUT2D eigenvalue weighted by Crippen LogP contribution is -2.10. The zero-order valence-corrected chi connectivity index (χ0v) is 8.55. The highest BCUT2D eigenvalue weighted by molar-refractivity contribution is 5.39. The maximum atomic E-state index is 13.3. The van der Waals surface area contributed by atoms with E-state index in [1.54, 1.807) is 19.1 Å². The number of rotatable bonds is 3. The van der Waals surface area contributed by atoms with Gasteiger partial charge in [0.15, 0.2) is 11.6 Å². The molecule has 0 saturated heterocycles. The monoisotopic (exact) mass is 197 g/mol. The van der Waals surface area contributed by atoms with Gasteiger partial charge in [-0.25, -0.2) is 4.39 Å². The zero-order valence-electron chi connectivity index (χ0n) is 8.55. The Kier molecular flexibility index (Phi) is 3.47. The van der Waals surface area contributed by atoms with Crippen molar-refractivity contribution in [1.82, 2.24) is 0 Å². The van der Waals surface area contributed by atoms with E-state index in [4.69, 9.17) is 5.73 Å². The Morgan fingerprint density at radius 2 is 2.14 bits per heavy atom. The quantitative estimate of drug-likeness (QED) is 0.782. The van der Waals surface area contributed by atoms with Crippen molar-refractivity contribution in [3.63, 3.8) is 0 Å². The first-order chi connectivity index (χ1) is 6.57. The molecule has 0 fully saturated rings. The number of phenolic OH excluding ortho intramolecular Hbond substituents is 1. The molecule has 0 aromatic heterocycles. The van der Waals surface area contributed by atoms with Gasteiger partial charge in [0.2, 0.25) is 0 Å². The number of phenols is 1. The van der Waals surface area contributed by atoms with Crippen LogP contribution in [0.3, 0.4) is 0 Å². The van der Waals surface area contributed by atoms with Crippen molar-refractivity contribution in [1.29, 1.82) is 0 Å². The van der Waals surface area contributed by atoms with E-state index in [0.29, 0.717) is 11.1 Å². The van der Waals surface area contributed by atoms with Crippen LogP contribution in [-0.4, -0.2) is 5.11 Å². The molecule has 0 unspecified atom stereocenters. The molecule has 3 heteroatoms. The summed E-state index contributed by atoms with van der Waals surface area (Å²) in [5.41, 5.74) is 6.73. The van der Waals surface area contributed by atoms with Crippen LogP contribution in [-0.2, 0) is 0 Å². The molecule has 0 aliphatic heterocycles. The molecule has 2 nitrogen and oxygen atoms in total. The highest BCUT2D eigenvalue weighted by Gasteiger charge is 2.14. The molecule has 0 aliphatic rings. The van der Waals surface area contributed by atoms with Crippen molar-refractivity contribution in [2.24, 2.45) is 5.73 Å². The number of nitrogens with two attached hydrogens (primary N) is 1. The number of benzene rings is 1. The highest BCUT2D eigenvalue weighted by atomic mass is 19.1. The zero-order chi connectivity index (χ0) is 10.7. The first kappa shape index (κ1) is 11.0. The van der Waals surface area contributed by atoms with Crippen LogP contribution in [0.5, 0.6) is 5.75 Å². The van der Waals surface area contributed by atoms with Gasteiger partial charge in [-0.3, -0.25) is 0 Å². The third-order valence-electron chi connectivity index (χ3n) is 2.34. The van der Waals surface area contributed by atoms with Gasteiger partial charge in [-0.2, -0.15) is 0 Å². The Morgan fingerprint density at radius 1 is 1.50 bits per heavy atom. The SMILES string of the molecule is CCC[C@@H](N)c1ccc(C)c(F)c1O. The van der Waals surface area contributed by atoms with Gasteiger partial charge in [0.05, 0.1) is 0 Å². The molecule has 14 heavy (non-hydrogen) atoms. The maximum absolute atomic E-state index is 13.3. The van der Waals surface area contributed by atoms with Crippen LogP contribution in [0.2, 0.25) is 0 Å².